The van der Waals surface area contributed by atoms with Crippen LogP contribution in [0.25, 0.3) is 0 Å². The lowest BCUT2D eigenvalue weighted by Gasteiger charge is -2.14. The number of nitrogens with one attached hydrogen (secondary N) is 1. The fourth-order valence-corrected chi connectivity index (χ4v) is 2.13. The van der Waals surface area contributed by atoms with Gasteiger partial charge in [0.2, 0.25) is 0 Å². The van der Waals surface area contributed by atoms with Crippen LogP contribution in [0.4, 0.5) is 0 Å². The Morgan fingerprint density at radius 2 is 2.31 bits per heavy atom. The zero-order chi connectivity index (χ0) is 12.1. The van der Waals surface area contributed by atoms with E-state index in [1.807, 2.05) is 25.1 Å². The lowest BCUT2D eigenvalue weighted by molar-refractivity contribution is 0.0914. The molecule has 88 valence electrons. The molecule has 0 heterocycles. The summed E-state index contributed by atoms with van der Waals surface area (Å²) >= 11 is 5.50. The second-order valence-electron chi connectivity index (χ2n) is 3.39. The van der Waals surface area contributed by atoms with Gasteiger partial charge in [-0.25, -0.2) is 0 Å². The van der Waals surface area contributed by atoms with Crippen LogP contribution < -0.4 is 5.32 Å². The average Bonchev–Trinajstić information content (AvgIpc) is 2.28. The van der Waals surface area contributed by atoms with Crippen molar-refractivity contribution in [1.29, 1.82) is 0 Å². The minimum absolute atomic E-state index is 0.0379. The summed E-state index contributed by atoms with van der Waals surface area (Å²) in [6.45, 7) is 1.88. The Morgan fingerprint density at radius 3 is 2.88 bits per heavy atom. The van der Waals surface area contributed by atoms with Crippen molar-refractivity contribution in [3.05, 3.63) is 31.8 Å². The summed E-state index contributed by atoms with van der Waals surface area (Å²) < 4.78 is 1.77. The number of hydrogen-bond acceptors (Lipinski definition) is 2. The van der Waals surface area contributed by atoms with Crippen LogP contribution in [0.1, 0.15) is 23.7 Å². The van der Waals surface area contributed by atoms with E-state index in [0.717, 1.165) is 8.04 Å². The molecule has 0 bridgehead atoms. The molecule has 0 radical (unpaired) electrons. The second-order valence-corrected chi connectivity index (χ2v) is 5.49. The van der Waals surface area contributed by atoms with E-state index in [1.165, 1.54) is 0 Å². The fraction of sp³-hybridized carbons (Fsp3) is 0.364. The first-order valence-electron chi connectivity index (χ1n) is 4.95. The molecule has 3 nitrogen and oxygen atoms in total. The maximum absolute atomic E-state index is 11.9. The van der Waals surface area contributed by atoms with Gasteiger partial charge in [0, 0.05) is 8.04 Å². The number of rotatable bonds is 4. The van der Waals surface area contributed by atoms with Gasteiger partial charge in [0.25, 0.3) is 5.91 Å². The van der Waals surface area contributed by atoms with Crippen LogP contribution in [0, 0.1) is 3.57 Å². The highest BCUT2D eigenvalue weighted by atomic mass is 127. The van der Waals surface area contributed by atoms with E-state index in [9.17, 15) is 4.79 Å². The van der Waals surface area contributed by atoms with E-state index in [2.05, 4.69) is 43.8 Å². The third-order valence-electron chi connectivity index (χ3n) is 2.22. The van der Waals surface area contributed by atoms with Gasteiger partial charge < -0.3 is 10.4 Å². The predicted molar refractivity (Wildman–Crippen MR) is 75.5 cm³/mol. The van der Waals surface area contributed by atoms with Crippen molar-refractivity contribution >= 4 is 44.4 Å². The largest absolute Gasteiger partial charge is 0.394 e. The molecule has 0 aromatic heterocycles. The quantitative estimate of drug-likeness (QED) is 0.767. The first-order chi connectivity index (χ1) is 7.58. The summed E-state index contributed by atoms with van der Waals surface area (Å²) in [5.74, 6) is -0.161. The highest BCUT2D eigenvalue weighted by molar-refractivity contribution is 14.1. The Kier molecular flexibility index (Phi) is 5.71. The van der Waals surface area contributed by atoms with Gasteiger partial charge in [-0.2, -0.15) is 0 Å². The molecule has 5 heteroatoms. The van der Waals surface area contributed by atoms with Crippen LogP contribution in [0.5, 0.6) is 0 Å². The third kappa shape index (κ3) is 3.71. The van der Waals surface area contributed by atoms with Crippen LogP contribution >= 0.6 is 38.5 Å². The minimum Gasteiger partial charge on any atom is -0.394 e. The van der Waals surface area contributed by atoms with Crippen molar-refractivity contribution in [1.82, 2.24) is 5.32 Å². The first-order valence-corrected chi connectivity index (χ1v) is 6.82. The summed E-state index contributed by atoms with van der Waals surface area (Å²) in [4.78, 5) is 11.9. The number of hydrogen-bond donors (Lipinski definition) is 2. The topological polar surface area (TPSA) is 49.3 Å². The third-order valence-corrected chi connectivity index (χ3v) is 3.58. The van der Waals surface area contributed by atoms with Gasteiger partial charge in [-0.05, 0) is 63.1 Å². The molecule has 1 rings (SSSR count). The van der Waals surface area contributed by atoms with Crippen LogP contribution in [0.15, 0.2) is 22.7 Å². The van der Waals surface area contributed by atoms with E-state index < -0.39 is 0 Å². The highest BCUT2D eigenvalue weighted by Gasteiger charge is 2.14. The first kappa shape index (κ1) is 13.9. The molecule has 0 aliphatic carbocycles. The van der Waals surface area contributed by atoms with Gasteiger partial charge in [0.1, 0.15) is 0 Å². The van der Waals surface area contributed by atoms with Crippen molar-refractivity contribution in [2.75, 3.05) is 6.61 Å². The molecular formula is C11H13BrINO2. The molecule has 2 N–H and O–H groups in total. The molecule has 0 saturated carbocycles. The molecule has 1 atom stereocenters. The SMILES string of the molecule is CC[C@H](CO)NC(=O)c1cc(I)ccc1Br. The van der Waals surface area contributed by atoms with Crippen LogP contribution in [-0.2, 0) is 0 Å². The zero-order valence-electron chi connectivity index (χ0n) is 8.84. The smallest absolute Gasteiger partial charge is 0.252 e. The standard InChI is InChI=1S/C11H13BrINO2/c1-2-8(6-15)14-11(16)9-5-7(13)3-4-10(9)12/h3-5,8,15H,2,6H2,1H3,(H,14,16)/t8-/m1/s1. The molecule has 0 spiro atoms. The number of carbonyl (C=O) groups excluding carboxylic acids is 1. The van der Waals surface area contributed by atoms with E-state index in [0.29, 0.717) is 12.0 Å². The summed E-state index contributed by atoms with van der Waals surface area (Å²) in [5, 5.41) is 11.8. The highest BCUT2D eigenvalue weighted by Crippen LogP contribution is 2.19. The van der Waals surface area contributed by atoms with Crippen molar-refractivity contribution in [2.24, 2.45) is 0 Å². The summed E-state index contributed by atoms with van der Waals surface area (Å²) in [6.07, 6.45) is 0.712. The van der Waals surface area contributed by atoms with Gasteiger partial charge in [-0.15, -0.1) is 0 Å². The minimum atomic E-state index is -0.183. The number of amides is 1. The molecule has 0 unspecified atom stereocenters. The normalized spacial score (nSPS) is 12.2. The Morgan fingerprint density at radius 1 is 1.62 bits per heavy atom. The van der Waals surface area contributed by atoms with Crippen LogP contribution in [0.3, 0.4) is 0 Å². The molecule has 1 amide bonds. The number of carbonyl (C=O) groups is 1. The summed E-state index contributed by atoms with van der Waals surface area (Å²) in [7, 11) is 0. The van der Waals surface area contributed by atoms with Gasteiger partial charge in [0.15, 0.2) is 0 Å². The van der Waals surface area contributed by atoms with E-state index in [4.69, 9.17) is 5.11 Å². The van der Waals surface area contributed by atoms with Crippen molar-refractivity contribution in [2.45, 2.75) is 19.4 Å². The Labute approximate surface area is 117 Å². The Bertz CT molecular complexity index is 380. The van der Waals surface area contributed by atoms with E-state index in [-0.39, 0.29) is 18.6 Å². The molecular weight excluding hydrogens is 385 g/mol. The second kappa shape index (κ2) is 6.56. The van der Waals surface area contributed by atoms with E-state index in [1.54, 1.807) is 0 Å². The van der Waals surface area contributed by atoms with Gasteiger partial charge >= 0.3 is 0 Å². The average molecular weight is 398 g/mol. The lowest BCUT2D eigenvalue weighted by Crippen LogP contribution is -2.37. The van der Waals surface area contributed by atoms with Gasteiger partial charge in [0.05, 0.1) is 18.2 Å². The van der Waals surface area contributed by atoms with Crippen molar-refractivity contribution in [3.63, 3.8) is 0 Å². The number of aliphatic hydroxyl groups is 1. The Hall–Kier alpha value is -0.140. The monoisotopic (exact) mass is 397 g/mol. The van der Waals surface area contributed by atoms with Gasteiger partial charge in [-0.1, -0.05) is 6.92 Å². The van der Waals surface area contributed by atoms with Crippen LogP contribution in [0.2, 0.25) is 0 Å². The van der Waals surface area contributed by atoms with Crippen LogP contribution in [-0.4, -0.2) is 23.7 Å². The molecule has 0 aliphatic heterocycles. The Balaban J connectivity index is 2.83. The number of halogens is 2. The zero-order valence-corrected chi connectivity index (χ0v) is 12.6. The molecule has 1 aromatic carbocycles. The molecule has 0 fully saturated rings. The van der Waals surface area contributed by atoms with E-state index >= 15 is 0 Å². The molecule has 0 aliphatic rings. The van der Waals surface area contributed by atoms with Crippen molar-refractivity contribution in [3.8, 4) is 0 Å². The van der Waals surface area contributed by atoms with Gasteiger partial charge in [-0.3, -0.25) is 4.79 Å². The maximum Gasteiger partial charge on any atom is 0.252 e. The maximum atomic E-state index is 11.9. The molecule has 1 aromatic rings. The number of benzene rings is 1. The predicted octanol–water partition coefficient (Wildman–Crippen LogP) is 2.55. The molecule has 16 heavy (non-hydrogen) atoms. The van der Waals surface area contributed by atoms with Crippen molar-refractivity contribution < 1.29 is 9.90 Å². The molecule has 0 saturated heterocycles. The summed E-state index contributed by atoms with van der Waals surface area (Å²) in [6, 6.07) is 5.39. The summed E-state index contributed by atoms with van der Waals surface area (Å²) in [5.41, 5.74) is 0.596. The number of aliphatic hydroxyl groups excluding tert-OH is 1. The lowest BCUT2D eigenvalue weighted by atomic mass is 10.2. The fourth-order valence-electron chi connectivity index (χ4n) is 1.21.